The van der Waals surface area contributed by atoms with E-state index in [-0.39, 0.29) is 11.6 Å². The van der Waals surface area contributed by atoms with Crippen molar-refractivity contribution in [1.29, 1.82) is 0 Å². The van der Waals surface area contributed by atoms with Gasteiger partial charge < -0.3 is 4.74 Å². The first-order valence-corrected chi connectivity index (χ1v) is 12.9. The van der Waals surface area contributed by atoms with Gasteiger partial charge in [0.2, 0.25) is 0 Å². The van der Waals surface area contributed by atoms with Crippen molar-refractivity contribution in [2.45, 2.75) is 78.1 Å². The highest BCUT2D eigenvalue weighted by Crippen LogP contribution is 2.31. The molecule has 0 saturated carbocycles. The number of aryl methyl sites for hydroxylation is 1. The molecule has 0 fully saturated rings. The molecule has 0 heterocycles. The highest BCUT2D eigenvalue weighted by molar-refractivity contribution is 5.71. The van der Waals surface area contributed by atoms with Gasteiger partial charge in [0.15, 0.2) is 11.6 Å². The van der Waals surface area contributed by atoms with Crippen LogP contribution in [0.15, 0.2) is 60.7 Å². The van der Waals surface area contributed by atoms with Crippen LogP contribution >= 0.6 is 0 Å². The summed E-state index contributed by atoms with van der Waals surface area (Å²) in [6.45, 7) is 4.77. The van der Waals surface area contributed by atoms with E-state index < -0.39 is 5.82 Å². The molecule has 34 heavy (non-hydrogen) atoms. The molecule has 0 amide bonds. The van der Waals surface area contributed by atoms with Crippen LogP contribution in [0.1, 0.15) is 76.7 Å². The summed E-state index contributed by atoms with van der Waals surface area (Å²) in [6.07, 6.45) is 12.5. The van der Waals surface area contributed by atoms with E-state index in [9.17, 15) is 8.78 Å². The molecule has 1 nitrogen and oxygen atoms in total. The Hall–Kier alpha value is -2.68. The van der Waals surface area contributed by atoms with Crippen molar-refractivity contribution in [3.05, 3.63) is 77.9 Å². The van der Waals surface area contributed by atoms with E-state index in [1.54, 1.807) is 18.2 Å². The predicted octanol–water partition coefficient (Wildman–Crippen LogP) is 9.91. The van der Waals surface area contributed by atoms with Crippen molar-refractivity contribution in [2.75, 3.05) is 6.61 Å². The van der Waals surface area contributed by atoms with Gasteiger partial charge in [-0.2, -0.15) is 0 Å². The SMILES string of the molecule is CCCCCCCCCCCCOc1ccc(-c2ccc(-c3ccc(C)cc3)cc2F)cc1F. The Kier molecular flexibility index (Phi) is 10.6. The minimum Gasteiger partial charge on any atom is -0.491 e. The molecule has 0 radical (unpaired) electrons. The maximum Gasteiger partial charge on any atom is 0.165 e. The number of ether oxygens (including phenoxy) is 1. The number of rotatable bonds is 14. The van der Waals surface area contributed by atoms with Gasteiger partial charge in [0.05, 0.1) is 6.61 Å². The summed E-state index contributed by atoms with van der Waals surface area (Å²) in [5, 5.41) is 0. The standard InChI is InChI=1S/C31H38F2O/c1-3-4-5-6-7-8-9-10-11-12-21-34-31-20-18-27(23-30(31)33)28-19-17-26(22-29(28)32)25-15-13-24(2)14-16-25/h13-20,22-23H,3-12,21H2,1-2H3. The van der Waals surface area contributed by atoms with Gasteiger partial charge in [-0.3, -0.25) is 0 Å². The van der Waals surface area contributed by atoms with Crippen molar-refractivity contribution in [2.24, 2.45) is 0 Å². The summed E-state index contributed by atoms with van der Waals surface area (Å²) in [7, 11) is 0. The third kappa shape index (κ3) is 7.97. The fourth-order valence-electron chi connectivity index (χ4n) is 4.23. The molecule has 0 saturated heterocycles. The second-order valence-corrected chi connectivity index (χ2v) is 9.24. The lowest BCUT2D eigenvalue weighted by atomic mass is 9.99. The first-order valence-electron chi connectivity index (χ1n) is 12.9. The number of halogens is 2. The molecule has 182 valence electrons. The van der Waals surface area contributed by atoms with Gasteiger partial charge in [-0.15, -0.1) is 0 Å². The maximum absolute atomic E-state index is 14.8. The van der Waals surface area contributed by atoms with Crippen LogP contribution in [0.4, 0.5) is 8.78 Å². The molecule has 0 bridgehead atoms. The summed E-state index contributed by atoms with van der Waals surface area (Å²) < 4.78 is 35.1. The molecule has 3 aromatic rings. The van der Waals surface area contributed by atoms with Gasteiger partial charge in [-0.05, 0) is 48.2 Å². The molecule has 3 heteroatoms. The third-order valence-corrected chi connectivity index (χ3v) is 6.35. The Morgan fingerprint density at radius 1 is 0.588 bits per heavy atom. The molecule has 0 aliphatic carbocycles. The second kappa shape index (κ2) is 13.9. The summed E-state index contributed by atoms with van der Waals surface area (Å²) >= 11 is 0. The Morgan fingerprint density at radius 2 is 1.15 bits per heavy atom. The van der Waals surface area contributed by atoms with E-state index in [0.29, 0.717) is 17.7 Å². The summed E-state index contributed by atoms with van der Waals surface area (Å²) in [5.41, 5.74) is 3.82. The zero-order valence-corrected chi connectivity index (χ0v) is 20.7. The van der Waals surface area contributed by atoms with Gasteiger partial charge in [0.1, 0.15) is 5.82 Å². The van der Waals surface area contributed by atoms with Crippen molar-refractivity contribution in [3.63, 3.8) is 0 Å². The van der Waals surface area contributed by atoms with Gasteiger partial charge in [0.25, 0.3) is 0 Å². The largest absolute Gasteiger partial charge is 0.491 e. The first kappa shape index (κ1) is 25.9. The van der Waals surface area contributed by atoms with E-state index in [0.717, 1.165) is 29.5 Å². The lowest BCUT2D eigenvalue weighted by Gasteiger charge is -2.11. The molecule has 3 aromatic carbocycles. The quantitative estimate of drug-likeness (QED) is 0.216. The molecule has 0 aromatic heterocycles. The lowest BCUT2D eigenvalue weighted by molar-refractivity contribution is 0.290. The molecule has 0 aliphatic rings. The first-order chi connectivity index (χ1) is 16.6. The summed E-state index contributed by atoms with van der Waals surface area (Å²) in [6, 6.07) is 17.7. The molecule has 0 aliphatic heterocycles. The Labute approximate surface area is 204 Å². The molecule has 0 spiro atoms. The lowest BCUT2D eigenvalue weighted by Crippen LogP contribution is -1.99. The average Bonchev–Trinajstić information content (AvgIpc) is 2.84. The normalized spacial score (nSPS) is 11.1. The molecule has 0 unspecified atom stereocenters. The molecular weight excluding hydrogens is 426 g/mol. The minimum absolute atomic E-state index is 0.233. The number of hydrogen-bond acceptors (Lipinski definition) is 1. The second-order valence-electron chi connectivity index (χ2n) is 9.24. The van der Waals surface area contributed by atoms with Crippen molar-refractivity contribution < 1.29 is 13.5 Å². The monoisotopic (exact) mass is 464 g/mol. The topological polar surface area (TPSA) is 9.23 Å². The number of hydrogen-bond donors (Lipinski definition) is 0. The van der Waals surface area contributed by atoms with E-state index >= 15 is 0 Å². The highest BCUT2D eigenvalue weighted by Gasteiger charge is 2.11. The van der Waals surface area contributed by atoms with Crippen LogP contribution < -0.4 is 4.74 Å². The molecule has 0 N–H and O–H groups in total. The average molecular weight is 465 g/mol. The van der Waals surface area contributed by atoms with Crippen LogP contribution in [0.5, 0.6) is 5.75 Å². The van der Waals surface area contributed by atoms with Crippen LogP contribution in [0.3, 0.4) is 0 Å². The van der Waals surface area contributed by atoms with Gasteiger partial charge >= 0.3 is 0 Å². The van der Waals surface area contributed by atoms with Crippen molar-refractivity contribution >= 4 is 0 Å². The van der Waals surface area contributed by atoms with Gasteiger partial charge in [-0.25, -0.2) is 8.78 Å². The Bertz CT molecular complexity index is 1010. The number of benzene rings is 3. The molecule has 0 atom stereocenters. The maximum atomic E-state index is 14.8. The zero-order chi connectivity index (χ0) is 24.2. The molecular formula is C31H38F2O. The van der Waals surface area contributed by atoms with E-state index in [1.165, 1.54) is 63.5 Å². The van der Waals surface area contributed by atoms with E-state index in [1.807, 2.05) is 37.3 Å². The van der Waals surface area contributed by atoms with E-state index in [4.69, 9.17) is 4.74 Å². The van der Waals surface area contributed by atoms with Crippen molar-refractivity contribution in [1.82, 2.24) is 0 Å². The van der Waals surface area contributed by atoms with Crippen molar-refractivity contribution in [3.8, 4) is 28.0 Å². The van der Waals surface area contributed by atoms with Gasteiger partial charge in [0, 0.05) is 5.56 Å². The van der Waals surface area contributed by atoms with Gasteiger partial charge in [-0.1, -0.05) is 113 Å². The summed E-state index contributed by atoms with van der Waals surface area (Å²) in [4.78, 5) is 0. The van der Waals surface area contributed by atoms with Crippen LogP contribution in [-0.4, -0.2) is 6.61 Å². The minimum atomic E-state index is -0.452. The fraction of sp³-hybridized carbons (Fsp3) is 0.419. The predicted molar refractivity (Wildman–Crippen MR) is 139 cm³/mol. The van der Waals surface area contributed by atoms with Crippen LogP contribution in [0, 0.1) is 18.6 Å². The van der Waals surface area contributed by atoms with E-state index in [2.05, 4.69) is 6.92 Å². The highest BCUT2D eigenvalue weighted by atomic mass is 19.1. The molecule has 3 rings (SSSR count). The summed E-state index contributed by atoms with van der Waals surface area (Å²) in [5.74, 6) is -0.584. The smallest absolute Gasteiger partial charge is 0.165 e. The van der Waals surface area contributed by atoms with Crippen LogP contribution in [0.2, 0.25) is 0 Å². The zero-order valence-electron chi connectivity index (χ0n) is 20.7. The Balaban J connectivity index is 1.45. The fourth-order valence-corrected chi connectivity index (χ4v) is 4.23. The number of unbranched alkanes of at least 4 members (excludes halogenated alkanes) is 9. The Morgan fingerprint density at radius 3 is 1.76 bits per heavy atom. The van der Waals surface area contributed by atoms with Crippen LogP contribution in [-0.2, 0) is 0 Å². The third-order valence-electron chi connectivity index (χ3n) is 6.35. The van der Waals surface area contributed by atoms with Crippen LogP contribution in [0.25, 0.3) is 22.3 Å².